The molecule has 2 aromatic rings. The number of hydrogen-bond acceptors (Lipinski definition) is 4. The van der Waals surface area contributed by atoms with Crippen LogP contribution in [0.1, 0.15) is 61.6 Å². The van der Waals surface area contributed by atoms with Gasteiger partial charge in [0.2, 0.25) is 5.76 Å². The average Bonchev–Trinajstić information content (AvgIpc) is 3.02. The van der Waals surface area contributed by atoms with E-state index < -0.39 is 23.2 Å². The third-order valence-corrected chi connectivity index (χ3v) is 6.68. The SMILES string of the molecule is CCC1(O)CCC(CCN2CCNC(=O)c3oc4ccc(C(F)(F)F)cc4c32)CC1. The van der Waals surface area contributed by atoms with E-state index in [1.807, 2.05) is 11.8 Å². The largest absolute Gasteiger partial charge is 0.449 e. The number of rotatable bonds is 4. The molecule has 0 saturated heterocycles. The number of halogens is 3. The van der Waals surface area contributed by atoms with Crippen LogP contribution in [0, 0.1) is 5.92 Å². The molecular formula is C22H27F3N2O3. The fraction of sp³-hybridized carbons (Fsp3) is 0.591. The lowest BCUT2D eigenvalue weighted by Crippen LogP contribution is -2.35. The standard InChI is InChI=1S/C22H27F3N2O3/c1-2-21(29)8-5-14(6-9-21)7-11-27-12-10-26-20(28)19-18(27)16-13-15(22(23,24)25)3-4-17(16)30-19/h3-4,13-14,29H,2,5-12H2,1H3,(H,26,28). The van der Waals surface area contributed by atoms with Gasteiger partial charge >= 0.3 is 6.18 Å². The molecule has 5 nitrogen and oxygen atoms in total. The second kappa shape index (κ2) is 7.80. The van der Waals surface area contributed by atoms with Crippen LogP contribution in [0.2, 0.25) is 0 Å². The topological polar surface area (TPSA) is 65.7 Å². The summed E-state index contributed by atoms with van der Waals surface area (Å²) in [5.41, 5.74) is -0.584. The van der Waals surface area contributed by atoms with E-state index in [0.29, 0.717) is 36.6 Å². The quantitative estimate of drug-likeness (QED) is 0.745. The Bertz CT molecular complexity index is 930. The maximum absolute atomic E-state index is 13.2. The van der Waals surface area contributed by atoms with Gasteiger partial charge in [0.15, 0.2) is 0 Å². The lowest BCUT2D eigenvalue weighted by Gasteiger charge is -2.36. The minimum atomic E-state index is -4.46. The maximum atomic E-state index is 13.2. The minimum absolute atomic E-state index is 0.0748. The third kappa shape index (κ3) is 4.02. The summed E-state index contributed by atoms with van der Waals surface area (Å²) < 4.78 is 45.4. The van der Waals surface area contributed by atoms with Gasteiger partial charge in [-0.15, -0.1) is 0 Å². The van der Waals surface area contributed by atoms with Crippen molar-refractivity contribution in [2.45, 2.75) is 57.2 Å². The highest BCUT2D eigenvalue weighted by atomic mass is 19.4. The van der Waals surface area contributed by atoms with Gasteiger partial charge in [0.25, 0.3) is 5.91 Å². The van der Waals surface area contributed by atoms with Gasteiger partial charge in [0.05, 0.1) is 16.9 Å². The first-order valence-corrected chi connectivity index (χ1v) is 10.6. The molecule has 0 radical (unpaired) electrons. The fourth-order valence-corrected chi connectivity index (χ4v) is 4.64. The molecule has 1 aliphatic carbocycles. The maximum Gasteiger partial charge on any atom is 0.416 e. The molecule has 0 atom stereocenters. The summed E-state index contributed by atoms with van der Waals surface area (Å²) in [7, 11) is 0. The second-order valence-corrected chi connectivity index (χ2v) is 8.54. The normalized spacial score (nSPS) is 25.2. The van der Waals surface area contributed by atoms with Crippen molar-refractivity contribution < 1.29 is 27.5 Å². The number of aliphatic hydroxyl groups is 1. The van der Waals surface area contributed by atoms with Gasteiger partial charge in [-0.25, -0.2) is 0 Å². The molecule has 0 bridgehead atoms. The number of hydrogen-bond donors (Lipinski definition) is 2. The highest BCUT2D eigenvalue weighted by molar-refractivity contribution is 6.07. The first-order valence-electron chi connectivity index (χ1n) is 10.6. The Balaban J connectivity index is 1.59. The van der Waals surface area contributed by atoms with Gasteiger partial charge in [-0.2, -0.15) is 13.2 Å². The van der Waals surface area contributed by atoms with E-state index in [1.54, 1.807) is 0 Å². The van der Waals surface area contributed by atoms with Gasteiger partial charge in [-0.3, -0.25) is 4.79 Å². The highest BCUT2D eigenvalue weighted by Gasteiger charge is 2.35. The second-order valence-electron chi connectivity index (χ2n) is 8.54. The summed E-state index contributed by atoms with van der Waals surface area (Å²) in [6, 6.07) is 3.33. The summed E-state index contributed by atoms with van der Waals surface area (Å²) in [6.07, 6.45) is 0.587. The van der Waals surface area contributed by atoms with E-state index in [1.165, 1.54) is 6.07 Å². The van der Waals surface area contributed by atoms with E-state index in [2.05, 4.69) is 5.32 Å². The molecule has 1 aromatic carbocycles. The molecular weight excluding hydrogens is 397 g/mol. The predicted molar refractivity (Wildman–Crippen MR) is 108 cm³/mol. The van der Waals surface area contributed by atoms with Crippen molar-refractivity contribution in [2.75, 3.05) is 24.5 Å². The molecule has 1 amide bonds. The van der Waals surface area contributed by atoms with Crippen molar-refractivity contribution in [3.63, 3.8) is 0 Å². The predicted octanol–water partition coefficient (Wildman–Crippen LogP) is 4.72. The van der Waals surface area contributed by atoms with E-state index in [-0.39, 0.29) is 11.3 Å². The zero-order valence-corrected chi connectivity index (χ0v) is 17.0. The first kappa shape index (κ1) is 21.0. The summed E-state index contributed by atoms with van der Waals surface area (Å²) in [4.78, 5) is 14.4. The number of carbonyl (C=O) groups is 1. The number of anilines is 1. The van der Waals surface area contributed by atoms with Crippen LogP contribution in [-0.2, 0) is 6.18 Å². The van der Waals surface area contributed by atoms with E-state index in [9.17, 15) is 23.1 Å². The van der Waals surface area contributed by atoms with Gasteiger partial charge in [0.1, 0.15) is 5.58 Å². The first-order chi connectivity index (χ1) is 14.2. The Kier molecular flexibility index (Phi) is 5.46. The van der Waals surface area contributed by atoms with Gasteiger partial charge in [0, 0.05) is 25.0 Å². The zero-order valence-electron chi connectivity index (χ0n) is 17.0. The molecule has 1 aliphatic heterocycles. The van der Waals surface area contributed by atoms with Crippen LogP contribution in [0.25, 0.3) is 11.0 Å². The smallest absolute Gasteiger partial charge is 0.416 e. The van der Waals surface area contributed by atoms with Crippen LogP contribution in [0.3, 0.4) is 0 Å². The number of carbonyl (C=O) groups excluding carboxylic acids is 1. The number of alkyl halides is 3. The molecule has 0 spiro atoms. The number of nitrogens with zero attached hydrogens (tertiary/aromatic N) is 1. The van der Waals surface area contributed by atoms with Crippen LogP contribution < -0.4 is 10.2 Å². The Morgan fingerprint density at radius 2 is 2.03 bits per heavy atom. The lowest BCUT2D eigenvalue weighted by atomic mass is 9.76. The Hall–Kier alpha value is -2.22. The van der Waals surface area contributed by atoms with E-state index in [0.717, 1.165) is 50.7 Å². The number of nitrogens with one attached hydrogen (secondary N) is 1. The van der Waals surface area contributed by atoms with Crippen LogP contribution in [0.15, 0.2) is 22.6 Å². The molecule has 4 rings (SSSR count). The highest BCUT2D eigenvalue weighted by Crippen LogP contribution is 2.40. The summed E-state index contributed by atoms with van der Waals surface area (Å²) in [6.45, 7) is 3.54. The minimum Gasteiger partial charge on any atom is -0.449 e. The Morgan fingerprint density at radius 3 is 2.70 bits per heavy atom. The Labute approximate surface area is 173 Å². The van der Waals surface area contributed by atoms with Crippen LogP contribution in [0.4, 0.5) is 18.9 Å². The van der Waals surface area contributed by atoms with Gasteiger partial charge < -0.3 is 19.7 Å². The average molecular weight is 424 g/mol. The van der Waals surface area contributed by atoms with E-state index in [4.69, 9.17) is 4.42 Å². The molecule has 1 fully saturated rings. The van der Waals surface area contributed by atoms with Crippen LogP contribution >= 0.6 is 0 Å². The summed E-state index contributed by atoms with van der Waals surface area (Å²) in [5, 5.41) is 13.5. The number of benzene rings is 1. The molecule has 8 heteroatoms. The van der Waals surface area contributed by atoms with Crippen LogP contribution in [-0.4, -0.2) is 36.2 Å². The third-order valence-electron chi connectivity index (χ3n) is 6.68. The molecule has 2 aliphatic rings. The molecule has 164 valence electrons. The van der Waals surface area contributed by atoms with Crippen molar-refractivity contribution in [3.8, 4) is 0 Å². The molecule has 0 unspecified atom stereocenters. The van der Waals surface area contributed by atoms with Crippen molar-refractivity contribution in [1.82, 2.24) is 5.32 Å². The molecule has 2 N–H and O–H groups in total. The molecule has 2 heterocycles. The van der Waals surface area contributed by atoms with Crippen molar-refractivity contribution in [3.05, 3.63) is 29.5 Å². The monoisotopic (exact) mass is 424 g/mol. The van der Waals surface area contributed by atoms with Crippen LogP contribution in [0.5, 0.6) is 0 Å². The molecule has 1 aromatic heterocycles. The number of furan rings is 1. The van der Waals surface area contributed by atoms with Crippen molar-refractivity contribution in [1.29, 1.82) is 0 Å². The summed E-state index contributed by atoms with van der Waals surface area (Å²) in [5.74, 6) is 0.129. The van der Waals surface area contributed by atoms with Crippen molar-refractivity contribution in [2.24, 2.45) is 5.92 Å². The molecule has 30 heavy (non-hydrogen) atoms. The van der Waals surface area contributed by atoms with Gasteiger partial charge in [-0.05, 0) is 62.6 Å². The molecule has 1 saturated carbocycles. The fourth-order valence-electron chi connectivity index (χ4n) is 4.64. The zero-order chi connectivity index (χ0) is 21.5. The Morgan fingerprint density at radius 1 is 1.30 bits per heavy atom. The van der Waals surface area contributed by atoms with Gasteiger partial charge in [-0.1, -0.05) is 6.92 Å². The lowest BCUT2D eigenvalue weighted by molar-refractivity contribution is -0.137. The van der Waals surface area contributed by atoms with Crippen molar-refractivity contribution >= 4 is 22.6 Å². The van der Waals surface area contributed by atoms with E-state index >= 15 is 0 Å². The summed E-state index contributed by atoms with van der Waals surface area (Å²) >= 11 is 0. The number of amides is 1. The number of fused-ring (bicyclic) bond motifs is 3.